The third kappa shape index (κ3) is 9.85. The van der Waals surface area contributed by atoms with E-state index >= 15 is 0 Å². The summed E-state index contributed by atoms with van der Waals surface area (Å²) in [5.41, 5.74) is 0. The molecule has 0 saturated heterocycles. The van der Waals surface area contributed by atoms with Crippen molar-refractivity contribution in [3.63, 3.8) is 0 Å². The zero-order chi connectivity index (χ0) is 11.5. The standard InChI is InChI=1S/C11H22O4/c1-3-4-10(12)5-6-11(13)9-15-8-7-14-2/h11,13H,3-9H2,1-2H3. The predicted octanol–water partition coefficient (Wildman–Crippen LogP) is 1.16. The lowest BCUT2D eigenvalue weighted by atomic mass is 10.1. The summed E-state index contributed by atoms with van der Waals surface area (Å²) >= 11 is 0. The Morgan fingerprint density at radius 1 is 1.33 bits per heavy atom. The van der Waals surface area contributed by atoms with E-state index in [1.54, 1.807) is 7.11 Å². The summed E-state index contributed by atoms with van der Waals surface area (Å²) in [5.74, 6) is 0.216. The van der Waals surface area contributed by atoms with E-state index in [1.807, 2.05) is 6.92 Å². The van der Waals surface area contributed by atoms with Crippen LogP contribution in [-0.2, 0) is 14.3 Å². The summed E-state index contributed by atoms with van der Waals surface area (Å²) in [4.78, 5) is 11.2. The van der Waals surface area contributed by atoms with E-state index in [0.717, 1.165) is 6.42 Å². The quantitative estimate of drug-likeness (QED) is 0.559. The van der Waals surface area contributed by atoms with Crippen molar-refractivity contribution in [1.29, 1.82) is 0 Å². The van der Waals surface area contributed by atoms with Crippen molar-refractivity contribution < 1.29 is 19.4 Å². The van der Waals surface area contributed by atoms with E-state index in [9.17, 15) is 9.90 Å². The van der Waals surface area contributed by atoms with Crippen LogP contribution in [0.25, 0.3) is 0 Å². The minimum absolute atomic E-state index is 0.216. The molecule has 0 aliphatic rings. The molecule has 0 aliphatic carbocycles. The van der Waals surface area contributed by atoms with Gasteiger partial charge in [0.05, 0.1) is 25.9 Å². The number of ketones is 1. The largest absolute Gasteiger partial charge is 0.391 e. The Morgan fingerprint density at radius 3 is 2.67 bits per heavy atom. The van der Waals surface area contributed by atoms with Crippen molar-refractivity contribution in [1.82, 2.24) is 0 Å². The average Bonchev–Trinajstić information content (AvgIpc) is 2.22. The molecule has 0 spiro atoms. The topological polar surface area (TPSA) is 55.8 Å². The van der Waals surface area contributed by atoms with E-state index in [2.05, 4.69) is 0 Å². The van der Waals surface area contributed by atoms with Crippen LogP contribution in [0, 0.1) is 0 Å². The second-order valence-electron chi connectivity index (χ2n) is 3.55. The minimum atomic E-state index is -0.539. The maximum absolute atomic E-state index is 11.2. The van der Waals surface area contributed by atoms with Crippen LogP contribution in [-0.4, -0.2) is 43.9 Å². The van der Waals surface area contributed by atoms with Gasteiger partial charge in [0.15, 0.2) is 0 Å². The maximum Gasteiger partial charge on any atom is 0.133 e. The lowest BCUT2D eigenvalue weighted by Crippen LogP contribution is -2.18. The van der Waals surface area contributed by atoms with Gasteiger partial charge in [-0.15, -0.1) is 0 Å². The van der Waals surface area contributed by atoms with Gasteiger partial charge in [0, 0.05) is 20.0 Å². The Balaban J connectivity index is 3.32. The monoisotopic (exact) mass is 218 g/mol. The fourth-order valence-corrected chi connectivity index (χ4v) is 1.18. The molecule has 0 saturated carbocycles. The molecule has 4 nitrogen and oxygen atoms in total. The fraction of sp³-hybridized carbons (Fsp3) is 0.909. The number of methoxy groups -OCH3 is 1. The number of aliphatic hydroxyl groups is 1. The lowest BCUT2D eigenvalue weighted by molar-refractivity contribution is -0.119. The molecule has 90 valence electrons. The molecular weight excluding hydrogens is 196 g/mol. The van der Waals surface area contributed by atoms with E-state index in [4.69, 9.17) is 9.47 Å². The van der Waals surface area contributed by atoms with Gasteiger partial charge < -0.3 is 14.6 Å². The first-order valence-electron chi connectivity index (χ1n) is 5.47. The smallest absolute Gasteiger partial charge is 0.133 e. The zero-order valence-corrected chi connectivity index (χ0v) is 9.70. The molecule has 0 aliphatic heterocycles. The molecule has 0 rings (SSSR count). The number of Topliss-reactive ketones (excluding diaryl/α,β-unsaturated/α-hetero) is 1. The highest BCUT2D eigenvalue weighted by molar-refractivity contribution is 5.78. The van der Waals surface area contributed by atoms with Gasteiger partial charge in [-0.2, -0.15) is 0 Å². The molecule has 0 amide bonds. The number of ether oxygens (including phenoxy) is 2. The summed E-state index contributed by atoms with van der Waals surface area (Å²) in [5, 5.41) is 9.45. The van der Waals surface area contributed by atoms with Crippen LogP contribution in [0.2, 0.25) is 0 Å². The molecule has 1 N–H and O–H groups in total. The summed E-state index contributed by atoms with van der Waals surface area (Å²) in [6.45, 7) is 3.27. The van der Waals surface area contributed by atoms with Gasteiger partial charge >= 0.3 is 0 Å². The third-order valence-electron chi connectivity index (χ3n) is 2.03. The van der Waals surface area contributed by atoms with Crippen molar-refractivity contribution >= 4 is 5.78 Å². The van der Waals surface area contributed by atoms with Crippen molar-refractivity contribution in [3.8, 4) is 0 Å². The van der Waals surface area contributed by atoms with Crippen molar-refractivity contribution in [2.75, 3.05) is 26.9 Å². The summed E-state index contributed by atoms with van der Waals surface area (Å²) < 4.78 is 9.93. The van der Waals surface area contributed by atoms with Gasteiger partial charge in [-0.3, -0.25) is 4.79 Å². The molecule has 4 heteroatoms. The number of carbonyl (C=O) groups excluding carboxylic acids is 1. The zero-order valence-electron chi connectivity index (χ0n) is 9.70. The Hall–Kier alpha value is -0.450. The highest BCUT2D eigenvalue weighted by Crippen LogP contribution is 2.02. The predicted molar refractivity (Wildman–Crippen MR) is 57.9 cm³/mol. The Labute approximate surface area is 91.6 Å². The summed E-state index contributed by atoms with van der Waals surface area (Å²) in [6.07, 6.45) is 1.88. The van der Waals surface area contributed by atoms with E-state index in [1.165, 1.54) is 0 Å². The second-order valence-corrected chi connectivity index (χ2v) is 3.55. The summed E-state index contributed by atoms with van der Waals surface area (Å²) in [6, 6.07) is 0. The van der Waals surface area contributed by atoms with E-state index in [-0.39, 0.29) is 12.4 Å². The maximum atomic E-state index is 11.2. The van der Waals surface area contributed by atoms with E-state index in [0.29, 0.717) is 32.5 Å². The molecule has 0 aromatic rings. The van der Waals surface area contributed by atoms with Crippen LogP contribution in [0.1, 0.15) is 32.6 Å². The van der Waals surface area contributed by atoms with Crippen molar-refractivity contribution in [2.45, 2.75) is 38.7 Å². The average molecular weight is 218 g/mol. The summed E-state index contributed by atoms with van der Waals surface area (Å²) in [7, 11) is 1.60. The molecule has 1 atom stereocenters. The Bertz CT molecular complexity index is 159. The lowest BCUT2D eigenvalue weighted by Gasteiger charge is -2.10. The second kappa shape index (κ2) is 10.1. The third-order valence-corrected chi connectivity index (χ3v) is 2.03. The fourth-order valence-electron chi connectivity index (χ4n) is 1.18. The van der Waals surface area contributed by atoms with Crippen LogP contribution in [0.4, 0.5) is 0 Å². The van der Waals surface area contributed by atoms with Gasteiger partial charge in [0.2, 0.25) is 0 Å². The molecule has 0 aromatic carbocycles. The van der Waals surface area contributed by atoms with Crippen molar-refractivity contribution in [2.24, 2.45) is 0 Å². The molecule has 0 bridgehead atoms. The van der Waals surface area contributed by atoms with Crippen LogP contribution in [0.3, 0.4) is 0 Å². The van der Waals surface area contributed by atoms with Gasteiger partial charge in [-0.05, 0) is 12.8 Å². The molecule has 0 heterocycles. The highest BCUT2D eigenvalue weighted by Gasteiger charge is 2.07. The molecule has 0 aromatic heterocycles. The normalized spacial score (nSPS) is 12.7. The molecule has 1 unspecified atom stereocenters. The van der Waals surface area contributed by atoms with Crippen LogP contribution >= 0.6 is 0 Å². The van der Waals surface area contributed by atoms with Gasteiger partial charge in [0.1, 0.15) is 5.78 Å². The Kier molecular flexibility index (Phi) is 9.78. The molecule has 0 radical (unpaired) electrons. The first-order chi connectivity index (χ1) is 7.20. The highest BCUT2D eigenvalue weighted by atomic mass is 16.5. The number of aliphatic hydroxyl groups excluding tert-OH is 1. The first-order valence-corrected chi connectivity index (χ1v) is 5.47. The SMILES string of the molecule is CCCC(=O)CCC(O)COCCOC. The van der Waals surface area contributed by atoms with Gasteiger partial charge in [0.25, 0.3) is 0 Å². The van der Waals surface area contributed by atoms with Crippen LogP contribution in [0.15, 0.2) is 0 Å². The van der Waals surface area contributed by atoms with Gasteiger partial charge in [-0.1, -0.05) is 6.92 Å². The number of hydrogen-bond donors (Lipinski definition) is 1. The number of rotatable bonds is 10. The van der Waals surface area contributed by atoms with Gasteiger partial charge in [-0.25, -0.2) is 0 Å². The molecular formula is C11H22O4. The molecule has 0 fully saturated rings. The minimum Gasteiger partial charge on any atom is -0.391 e. The molecule has 15 heavy (non-hydrogen) atoms. The van der Waals surface area contributed by atoms with Crippen molar-refractivity contribution in [3.05, 3.63) is 0 Å². The van der Waals surface area contributed by atoms with Crippen LogP contribution in [0.5, 0.6) is 0 Å². The van der Waals surface area contributed by atoms with Crippen LogP contribution < -0.4 is 0 Å². The Morgan fingerprint density at radius 2 is 2.07 bits per heavy atom. The number of hydrogen-bond acceptors (Lipinski definition) is 4. The van der Waals surface area contributed by atoms with E-state index < -0.39 is 6.10 Å². The first kappa shape index (κ1) is 14.6. The number of carbonyl (C=O) groups is 1.